The SMILES string of the molecule is CCC(C)c1cc(C)cc(C(C)(CC)Pc2c(C)cccc2CNCc2ccccc2)c1OCc1ccccc1. The molecule has 210 valence electrons. The summed E-state index contributed by atoms with van der Waals surface area (Å²) in [6.07, 6.45) is 2.13. The summed E-state index contributed by atoms with van der Waals surface area (Å²) in [7, 11) is 0.636. The van der Waals surface area contributed by atoms with Crippen LogP contribution in [0.3, 0.4) is 0 Å². The monoisotopic (exact) mass is 551 g/mol. The van der Waals surface area contributed by atoms with Crippen molar-refractivity contribution in [3.63, 3.8) is 0 Å². The van der Waals surface area contributed by atoms with E-state index in [1.807, 2.05) is 0 Å². The molecule has 4 aromatic rings. The second kappa shape index (κ2) is 14.1. The summed E-state index contributed by atoms with van der Waals surface area (Å²) < 4.78 is 6.78. The molecular weight excluding hydrogens is 505 g/mol. The lowest BCUT2D eigenvalue weighted by Crippen LogP contribution is -2.25. The smallest absolute Gasteiger partial charge is 0.127 e. The standard InChI is InChI=1S/C37H46NOP/c1-7-28(4)33-22-27(3)23-34(35(33)39-26-31-19-13-10-14-20-31)37(6,8-2)40-36-29(5)16-15-21-32(36)25-38-24-30-17-11-9-12-18-30/h9-23,28,38,40H,7-8,24-26H2,1-6H3. The van der Waals surface area contributed by atoms with Crippen molar-refractivity contribution < 1.29 is 4.74 Å². The van der Waals surface area contributed by atoms with Crippen molar-refractivity contribution in [3.8, 4) is 5.75 Å². The molecule has 0 spiro atoms. The Kier molecular flexibility index (Phi) is 10.6. The number of nitrogens with one attached hydrogen (secondary N) is 1. The maximum absolute atomic E-state index is 6.78. The predicted octanol–water partition coefficient (Wildman–Crippen LogP) is 9.31. The van der Waals surface area contributed by atoms with Crippen molar-refractivity contribution in [3.05, 3.63) is 130 Å². The summed E-state index contributed by atoms with van der Waals surface area (Å²) in [6, 6.07) is 32.7. The molecule has 0 saturated carbocycles. The summed E-state index contributed by atoms with van der Waals surface area (Å²) in [5.74, 6) is 1.53. The molecule has 1 N–H and O–H groups in total. The van der Waals surface area contributed by atoms with E-state index in [1.54, 1.807) is 0 Å². The van der Waals surface area contributed by atoms with Gasteiger partial charge in [-0.2, -0.15) is 0 Å². The van der Waals surface area contributed by atoms with Crippen molar-refractivity contribution in [1.82, 2.24) is 5.32 Å². The highest BCUT2D eigenvalue weighted by Gasteiger charge is 2.32. The highest BCUT2D eigenvalue weighted by Crippen LogP contribution is 2.50. The van der Waals surface area contributed by atoms with E-state index in [-0.39, 0.29) is 5.16 Å². The fraction of sp³-hybridized carbons (Fsp3) is 0.351. The molecule has 0 aromatic heterocycles. The van der Waals surface area contributed by atoms with E-state index in [4.69, 9.17) is 4.74 Å². The Balaban J connectivity index is 1.69. The average Bonchev–Trinajstić information content (AvgIpc) is 2.98. The number of ether oxygens (including phenoxy) is 1. The molecule has 4 rings (SSSR count). The van der Waals surface area contributed by atoms with Gasteiger partial charge in [-0.25, -0.2) is 0 Å². The Hall–Kier alpha value is -2.93. The van der Waals surface area contributed by atoms with E-state index >= 15 is 0 Å². The molecule has 4 aromatic carbocycles. The van der Waals surface area contributed by atoms with Gasteiger partial charge in [-0.05, 0) is 65.7 Å². The molecular formula is C37H46NOP. The van der Waals surface area contributed by atoms with Crippen molar-refractivity contribution in [2.75, 3.05) is 0 Å². The lowest BCUT2D eigenvalue weighted by Gasteiger charge is -2.34. The molecule has 0 heterocycles. The van der Waals surface area contributed by atoms with Crippen LogP contribution >= 0.6 is 8.58 Å². The number of hydrogen-bond donors (Lipinski definition) is 1. The largest absolute Gasteiger partial charge is 0.488 e. The third-order valence-electron chi connectivity index (χ3n) is 8.18. The summed E-state index contributed by atoms with van der Waals surface area (Å²) in [5, 5.41) is 5.14. The van der Waals surface area contributed by atoms with E-state index in [0.29, 0.717) is 21.1 Å². The zero-order valence-electron chi connectivity index (χ0n) is 25.2. The lowest BCUT2D eigenvalue weighted by atomic mass is 9.87. The van der Waals surface area contributed by atoms with Crippen LogP contribution in [0.25, 0.3) is 0 Å². The Labute approximate surface area is 244 Å². The second-order valence-corrected chi connectivity index (χ2v) is 13.2. The zero-order chi connectivity index (χ0) is 28.5. The molecule has 0 fully saturated rings. The summed E-state index contributed by atoms with van der Waals surface area (Å²) >= 11 is 0. The fourth-order valence-electron chi connectivity index (χ4n) is 5.30. The third-order valence-corrected chi connectivity index (χ3v) is 10.3. The van der Waals surface area contributed by atoms with Crippen LogP contribution in [-0.4, -0.2) is 0 Å². The number of benzene rings is 4. The molecule has 0 radical (unpaired) electrons. The van der Waals surface area contributed by atoms with Crippen LogP contribution < -0.4 is 15.4 Å². The van der Waals surface area contributed by atoms with Crippen LogP contribution in [0, 0.1) is 13.8 Å². The van der Waals surface area contributed by atoms with Gasteiger partial charge in [0.1, 0.15) is 12.4 Å². The van der Waals surface area contributed by atoms with Crippen LogP contribution in [0.15, 0.2) is 91.0 Å². The predicted molar refractivity (Wildman–Crippen MR) is 174 cm³/mol. The van der Waals surface area contributed by atoms with Crippen LogP contribution in [0.4, 0.5) is 0 Å². The molecule has 3 unspecified atom stereocenters. The van der Waals surface area contributed by atoms with Crippen LogP contribution in [0.2, 0.25) is 0 Å². The van der Waals surface area contributed by atoms with Crippen molar-refractivity contribution >= 4 is 13.9 Å². The Bertz CT molecular complexity index is 1370. The first kappa shape index (κ1) is 30.0. The zero-order valence-corrected chi connectivity index (χ0v) is 26.2. The first-order valence-electron chi connectivity index (χ1n) is 14.8. The van der Waals surface area contributed by atoms with E-state index < -0.39 is 0 Å². The highest BCUT2D eigenvalue weighted by molar-refractivity contribution is 7.48. The van der Waals surface area contributed by atoms with Gasteiger partial charge >= 0.3 is 0 Å². The van der Waals surface area contributed by atoms with Gasteiger partial charge in [0.25, 0.3) is 0 Å². The molecule has 40 heavy (non-hydrogen) atoms. The molecule has 0 aliphatic heterocycles. The van der Waals surface area contributed by atoms with Gasteiger partial charge in [0.15, 0.2) is 0 Å². The number of hydrogen-bond acceptors (Lipinski definition) is 2. The highest BCUT2D eigenvalue weighted by atomic mass is 31.1. The molecule has 2 nitrogen and oxygen atoms in total. The van der Waals surface area contributed by atoms with Gasteiger partial charge in [-0.1, -0.05) is 133 Å². The quantitative estimate of drug-likeness (QED) is 0.167. The van der Waals surface area contributed by atoms with Gasteiger partial charge in [-0.15, -0.1) is 0 Å². The number of rotatable bonds is 13. The van der Waals surface area contributed by atoms with Crippen molar-refractivity contribution in [2.45, 2.75) is 85.2 Å². The molecule has 0 aliphatic rings. The van der Waals surface area contributed by atoms with Crippen LogP contribution in [0.1, 0.15) is 85.4 Å². The molecule has 3 atom stereocenters. The van der Waals surface area contributed by atoms with Gasteiger partial charge in [0.2, 0.25) is 0 Å². The fourth-order valence-corrected chi connectivity index (χ4v) is 6.96. The van der Waals surface area contributed by atoms with Crippen molar-refractivity contribution in [1.29, 1.82) is 0 Å². The first-order chi connectivity index (χ1) is 19.3. The third kappa shape index (κ3) is 7.42. The van der Waals surface area contributed by atoms with Crippen molar-refractivity contribution in [2.24, 2.45) is 0 Å². The maximum atomic E-state index is 6.78. The van der Waals surface area contributed by atoms with E-state index in [2.05, 4.69) is 138 Å². The average molecular weight is 552 g/mol. The van der Waals surface area contributed by atoms with E-state index in [0.717, 1.165) is 31.7 Å². The maximum Gasteiger partial charge on any atom is 0.127 e. The second-order valence-electron chi connectivity index (χ2n) is 11.3. The lowest BCUT2D eigenvalue weighted by molar-refractivity contribution is 0.294. The minimum absolute atomic E-state index is 0.0411. The first-order valence-corrected chi connectivity index (χ1v) is 15.8. The van der Waals surface area contributed by atoms with E-state index in [9.17, 15) is 0 Å². The van der Waals surface area contributed by atoms with Gasteiger partial charge < -0.3 is 10.1 Å². The Morgan fingerprint density at radius 1 is 0.825 bits per heavy atom. The molecule has 0 aliphatic carbocycles. The Morgan fingerprint density at radius 2 is 1.50 bits per heavy atom. The minimum Gasteiger partial charge on any atom is -0.488 e. The molecule has 0 saturated heterocycles. The van der Waals surface area contributed by atoms with Crippen LogP contribution in [-0.2, 0) is 24.9 Å². The van der Waals surface area contributed by atoms with Gasteiger partial charge in [0.05, 0.1) is 0 Å². The van der Waals surface area contributed by atoms with Crippen LogP contribution in [0.5, 0.6) is 5.75 Å². The van der Waals surface area contributed by atoms with E-state index in [1.165, 1.54) is 44.2 Å². The minimum atomic E-state index is -0.0411. The van der Waals surface area contributed by atoms with Gasteiger partial charge in [0, 0.05) is 23.8 Å². The summed E-state index contributed by atoms with van der Waals surface area (Å²) in [4.78, 5) is 0. The molecule has 0 bridgehead atoms. The normalized spacial score (nSPS) is 13.8. The number of aryl methyl sites for hydroxylation is 2. The summed E-state index contributed by atoms with van der Waals surface area (Å²) in [5.41, 5.74) is 9.30. The van der Waals surface area contributed by atoms with Gasteiger partial charge in [-0.3, -0.25) is 0 Å². The molecule has 0 amide bonds. The summed E-state index contributed by atoms with van der Waals surface area (Å²) in [6.45, 7) is 16.2. The molecule has 3 heteroatoms. The topological polar surface area (TPSA) is 21.3 Å². The Morgan fingerprint density at radius 3 is 2.15 bits per heavy atom.